The molecule has 0 saturated heterocycles. The van der Waals surface area contributed by atoms with Crippen molar-refractivity contribution in [1.29, 1.82) is 0 Å². The zero-order chi connectivity index (χ0) is 9.44. The average molecular weight is 192 g/mol. The van der Waals surface area contributed by atoms with E-state index in [1.165, 1.54) is 0 Å². The Morgan fingerprint density at radius 1 is 1.27 bits per heavy atom. The number of rotatable bonds is 2. The predicted molar refractivity (Wildman–Crippen MR) is 45.2 cm³/mol. The monoisotopic (exact) mass is 192 g/mol. The normalized spacial score (nSPS) is 10.5. The second kappa shape index (κ2) is 7.77. The third-order valence-electron chi connectivity index (χ3n) is 1.47. The Hall–Kier alpha value is -0.336. The van der Waals surface area contributed by atoms with Crippen LogP contribution >= 0.6 is 0 Å². The molecule has 0 fully saturated rings. The molecule has 0 spiro atoms. The van der Waals surface area contributed by atoms with E-state index in [2.05, 4.69) is 27.5 Å². The average Bonchev–Trinajstić information content (AvgIpc) is 2.05. The number of nitrogens with one attached hydrogen (secondary N) is 1. The Balaban J connectivity index is 0. The van der Waals surface area contributed by atoms with Crippen LogP contribution in [0.1, 0.15) is 20.8 Å². The number of carbonyl (C=O) groups excluding carboxylic acids is 1. The molecule has 0 amide bonds. The summed E-state index contributed by atoms with van der Waals surface area (Å²) < 4.78 is 0. The van der Waals surface area contributed by atoms with Crippen molar-refractivity contribution in [3.63, 3.8) is 0 Å². The van der Waals surface area contributed by atoms with E-state index < -0.39 is 0 Å². The van der Waals surface area contributed by atoms with Gasteiger partial charge in [-0.15, -0.1) is 0 Å². The Kier molecular flexibility index (Phi) is 9.37. The summed E-state index contributed by atoms with van der Waals surface area (Å²) in [6.07, 6.45) is 0. The van der Waals surface area contributed by atoms with Gasteiger partial charge in [0, 0.05) is 18.3 Å². The van der Waals surface area contributed by atoms with Gasteiger partial charge in [0.05, 0.1) is 0 Å². The molecule has 0 bridgehead atoms. The van der Waals surface area contributed by atoms with Gasteiger partial charge in [-0.25, -0.2) is 0 Å². The molecule has 11 heavy (non-hydrogen) atoms. The van der Waals surface area contributed by atoms with E-state index in [1.807, 2.05) is 20.9 Å². The van der Waals surface area contributed by atoms with Gasteiger partial charge in [-0.1, -0.05) is 0 Å². The summed E-state index contributed by atoms with van der Waals surface area (Å²) in [7, 11) is 1.81. The third kappa shape index (κ3) is 6.08. The first-order valence-corrected chi connectivity index (χ1v) is 4.26. The van der Waals surface area contributed by atoms with Gasteiger partial charge in [-0.3, -0.25) is 4.79 Å². The summed E-state index contributed by atoms with van der Waals surface area (Å²) in [5, 5.41) is 6.09. The maximum absolute atomic E-state index is 10.6. The molecule has 0 rings (SSSR count). The Morgan fingerprint density at radius 2 is 1.64 bits per heavy atom. The van der Waals surface area contributed by atoms with E-state index in [9.17, 15) is 4.79 Å². The quantitative estimate of drug-likeness (QED) is 0.662. The molecule has 0 aromatic carbocycles. The second-order valence-corrected chi connectivity index (χ2v) is 2.06. The number of hydrogen-bond acceptors (Lipinski definition) is 2. The summed E-state index contributed by atoms with van der Waals surface area (Å²) in [5.41, 5.74) is 1.75. The van der Waals surface area contributed by atoms with Crippen LogP contribution in [-0.2, 0) is 21.8 Å². The van der Waals surface area contributed by atoms with Crippen molar-refractivity contribution in [3.05, 3.63) is 11.3 Å². The Labute approximate surface area is 77.6 Å². The molecule has 0 saturated carbocycles. The summed E-state index contributed by atoms with van der Waals surface area (Å²) in [5.74, 6) is 0.127. The summed E-state index contributed by atoms with van der Waals surface area (Å²) in [4.78, 5) is 10.6. The minimum absolute atomic E-state index is 0.127. The number of ketones is 1. The number of allylic oxidation sites excluding steroid dienone is 2. The van der Waals surface area contributed by atoms with Crippen LogP contribution in [0.15, 0.2) is 11.3 Å². The Bertz CT molecular complexity index is 163. The molecule has 2 nitrogen and oxygen atoms in total. The van der Waals surface area contributed by atoms with Gasteiger partial charge in [-0.2, -0.15) is 0 Å². The standard InChI is InChI=1S/C7H13NO.CH2.V/c1-5(7(3)9)6(2)8-4;;/h8H,1-4H3;1H2;/b6-5-;;. The van der Waals surface area contributed by atoms with Crippen LogP contribution in [0.3, 0.4) is 0 Å². The molecule has 0 aliphatic heterocycles. The topological polar surface area (TPSA) is 29.1 Å². The summed E-state index contributed by atoms with van der Waals surface area (Å²) >= 11 is 2.06. The maximum atomic E-state index is 10.6. The van der Waals surface area contributed by atoms with Gasteiger partial charge >= 0.3 is 22.2 Å². The van der Waals surface area contributed by atoms with Gasteiger partial charge in [0.25, 0.3) is 0 Å². The molecule has 1 N–H and O–H groups in total. The molecule has 3 heteroatoms. The van der Waals surface area contributed by atoms with E-state index in [0.29, 0.717) is 0 Å². The van der Waals surface area contributed by atoms with Crippen LogP contribution in [0.4, 0.5) is 0 Å². The predicted octanol–water partition coefficient (Wildman–Crippen LogP) is 1.05. The zero-order valence-corrected chi connectivity index (χ0v) is 8.96. The van der Waals surface area contributed by atoms with Crippen molar-refractivity contribution in [2.24, 2.45) is 0 Å². The fourth-order valence-electron chi connectivity index (χ4n) is 0.452. The van der Waals surface area contributed by atoms with Gasteiger partial charge < -0.3 is 5.32 Å². The molecule has 0 aromatic rings. The molecule has 0 aromatic heterocycles. The first-order valence-electron chi connectivity index (χ1n) is 3.27. The first-order chi connectivity index (χ1) is 5.09. The molecule has 0 unspecified atom stereocenters. The molecule has 0 atom stereocenters. The Morgan fingerprint density at radius 3 is 1.73 bits per heavy atom. The molecule has 0 radical (unpaired) electrons. The summed E-state index contributed by atoms with van der Waals surface area (Å²) in [6.45, 7) is 5.26. The second-order valence-electron chi connectivity index (χ2n) is 2.06. The minimum atomic E-state index is 0.127. The van der Waals surface area contributed by atoms with Crippen molar-refractivity contribution >= 4 is 11.0 Å². The van der Waals surface area contributed by atoms with Crippen LogP contribution in [0.25, 0.3) is 0 Å². The molecule has 0 aliphatic carbocycles. The molecule has 0 heterocycles. The fourth-order valence-corrected chi connectivity index (χ4v) is 0.452. The van der Waals surface area contributed by atoms with Crippen LogP contribution in [0.2, 0.25) is 0 Å². The van der Waals surface area contributed by atoms with E-state index in [4.69, 9.17) is 0 Å². The molecular weight excluding hydrogens is 177 g/mol. The molecular formula is C8H15NOV. The van der Waals surface area contributed by atoms with Gasteiger partial charge in [-0.05, 0) is 20.8 Å². The van der Waals surface area contributed by atoms with Crippen molar-refractivity contribution < 1.29 is 21.8 Å². The third-order valence-corrected chi connectivity index (χ3v) is 1.47. The van der Waals surface area contributed by atoms with Crippen molar-refractivity contribution in [2.75, 3.05) is 7.05 Å². The number of carbonyl (C=O) groups is 1. The van der Waals surface area contributed by atoms with Gasteiger partial charge in [0.2, 0.25) is 0 Å². The van der Waals surface area contributed by atoms with E-state index in [-0.39, 0.29) is 5.78 Å². The van der Waals surface area contributed by atoms with Crippen LogP contribution < -0.4 is 5.32 Å². The molecule has 0 aliphatic rings. The van der Waals surface area contributed by atoms with Gasteiger partial charge in [0.15, 0.2) is 5.78 Å². The molecule has 63 valence electrons. The van der Waals surface area contributed by atoms with Crippen LogP contribution in [0.5, 0.6) is 0 Å². The van der Waals surface area contributed by atoms with Crippen molar-refractivity contribution in [2.45, 2.75) is 20.8 Å². The van der Waals surface area contributed by atoms with E-state index >= 15 is 0 Å². The van der Waals surface area contributed by atoms with E-state index in [0.717, 1.165) is 11.3 Å². The van der Waals surface area contributed by atoms with Crippen molar-refractivity contribution in [3.8, 4) is 0 Å². The number of hydrogen-bond donors (Lipinski definition) is 1. The van der Waals surface area contributed by atoms with Crippen LogP contribution in [0, 0.1) is 0 Å². The van der Waals surface area contributed by atoms with Crippen LogP contribution in [-0.4, -0.2) is 18.1 Å². The number of Topliss-reactive ketones (excluding diaryl/α,β-unsaturated/α-hetero) is 1. The summed E-state index contributed by atoms with van der Waals surface area (Å²) in [6, 6.07) is 0. The zero-order valence-electron chi connectivity index (χ0n) is 7.56. The first kappa shape index (κ1) is 13.3. The SMILES string of the molecule is CN/C(C)=C(/C)C(C)=O.[CH2]=[V]. The van der Waals surface area contributed by atoms with Crippen molar-refractivity contribution in [1.82, 2.24) is 5.32 Å². The fraction of sp³-hybridized carbons (Fsp3) is 0.500. The van der Waals surface area contributed by atoms with E-state index in [1.54, 1.807) is 6.92 Å². The van der Waals surface area contributed by atoms with Gasteiger partial charge in [0.1, 0.15) is 0 Å².